The summed E-state index contributed by atoms with van der Waals surface area (Å²) < 4.78 is 11.6. The number of rotatable bonds is 9. The normalized spacial score (nSPS) is 22.0. The fourth-order valence-electron chi connectivity index (χ4n) is 3.57. The fourth-order valence-corrected chi connectivity index (χ4v) is 3.57. The Kier molecular flexibility index (Phi) is 5.92. The van der Waals surface area contributed by atoms with E-state index in [1.165, 1.54) is 12.8 Å². The molecule has 1 aromatic carbocycles. The minimum atomic E-state index is -0.402. The van der Waals surface area contributed by atoms with E-state index < -0.39 is 6.29 Å². The van der Waals surface area contributed by atoms with Gasteiger partial charge < -0.3 is 24.9 Å². The van der Waals surface area contributed by atoms with Crippen LogP contribution in [-0.4, -0.2) is 40.5 Å². The minimum Gasteiger partial charge on any atom is -0.459 e. The Labute approximate surface area is 164 Å². The summed E-state index contributed by atoms with van der Waals surface area (Å²) in [6.45, 7) is 0.996. The molecule has 0 radical (unpaired) electrons. The van der Waals surface area contributed by atoms with E-state index in [4.69, 9.17) is 14.6 Å². The van der Waals surface area contributed by atoms with E-state index in [0.29, 0.717) is 43.0 Å². The highest BCUT2D eigenvalue weighted by atomic mass is 16.7. The standard InChI is InChI=1S/C21H27N3O4/c25-9-3-4-10-27-20-12-15(14-7-8-14)11-18(28-20)21(26)22-13-19-23-16-5-1-2-6-17(16)24-19/h1-2,5-6,11,14-15,20,25H,3-4,7-10,12-13H2,(H,22,26)(H,23,24)/t15-,20+/m0/s1. The van der Waals surface area contributed by atoms with Crippen molar-refractivity contribution in [1.82, 2.24) is 15.3 Å². The molecule has 7 nitrogen and oxygen atoms in total. The van der Waals surface area contributed by atoms with Crippen molar-refractivity contribution in [2.75, 3.05) is 13.2 Å². The zero-order valence-electron chi connectivity index (χ0n) is 15.9. The number of aliphatic hydroxyl groups is 1. The number of unbranched alkanes of at least 4 members (excludes halogenated alkanes) is 1. The van der Waals surface area contributed by atoms with Gasteiger partial charge in [0, 0.05) is 13.0 Å². The molecule has 3 N–H and O–H groups in total. The van der Waals surface area contributed by atoms with Crippen LogP contribution in [0.1, 0.15) is 37.9 Å². The van der Waals surface area contributed by atoms with Crippen LogP contribution in [0.15, 0.2) is 36.1 Å². The van der Waals surface area contributed by atoms with Gasteiger partial charge >= 0.3 is 0 Å². The first-order valence-corrected chi connectivity index (χ1v) is 10.1. The summed E-state index contributed by atoms with van der Waals surface area (Å²) >= 11 is 0. The van der Waals surface area contributed by atoms with Crippen LogP contribution in [0.2, 0.25) is 0 Å². The summed E-state index contributed by atoms with van der Waals surface area (Å²) in [4.78, 5) is 20.4. The Bertz CT molecular complexity index is 810. The molecule has 0 spiro atoms. The zero-order valence-corrected chi connectivity index (χ0v) is 15.9. The second-order valence-corrected chi connectivity index (χ2v) is 7.50. The highest BCUT2D eigenvalue weighted by Crippen LogP contribution is 2.42. The minimum absolute atomic E-state index is 0.162. The van der Waals surface area contributed by atoms with Gasteiger partial charge in [-0.1, -0.05) is 12.1 Å². The van der Waals surface area contributed by atoms with Crippen molar-refractivity contribution < 1.29 is 19.4 Å². The average Bonchev–Trinajstić information content (AvgIpc) is 3.48. The number of allylic oxidation sites excluding steroid dienone is 1. The highest BCUT2D eigenvalue weighted by Gasteiger charge is 2.37. The van der Waals surface area contributed by atoms with Gasteiger partial charge in [0.05, 0.1) is 24.2 Å². The van der Waals surface area contributed by atoms with Crippen molar-refractivity contribution >= 4 is 16.9 Å². The Morgan fingerprint density at radius 2 is 2.18 bits per heavy atom. The summed E-state index contributed by atoms with van der Waals surface area (Å²) in [6.07, 6.45) is 6.23. The molecule has 1 aliphatic carbocycles. The van der Waals surface area contributed by atoms with Crippen LogP contribution < -0.4 is 5.32 Å². The molecule has 28 heavy (non-hydrogen) atoms. The number of amides is 1. The van der Waals surface area contributed by atoms with Crippen LogP contribution in [0.25, 0.3) is 11.0 Å². The number of aromatic nitrogens is 2. The number of aromatic amines is 1. The SMILES string of the molecule is O=C(NCc1nc2ccccc2[nH]1)C1=C[C@H](C2CC2)C[C@H](OCCCCO)O1. The number of fused-ring (bicyclic) bond motifs is 1. The van der Waals surface area contributed by atoms with E-state index >= 15 is 0 Å². The maximum absolute atomic E-state index is 12.7. The third kappa shape index (κ3) is 4.72. The lowest BCUT2D eigenvalue weighted by Gasteiger charge is -2.29. The van der Waals surface area contributed by atoms with Gasteiger partial charge in [0.25, 0.3) is 5.91 Å². The molecule has 0 saturated heterocycles. The second kappa shape index (κ2) is 8.75. The van der Waals surface area contributed by atoms with Gasteiger partial charge in [-0.05, 0) is 55.7 Å². The van der Waals surface area contributed by atoms with Crippen molar-refractivity contribution in [2.45, 2.75) is 44.9 Å². The van der Waals surface area contributed by atoms with E-state index in [1.54, 1.807) is 0 Å². The molecule has 1 aromatic heterocycles. The number of ether oxygens (including phenoxy) is 2. The Balaban J connectivity index is 1.35. The Hall–Kier alpha value is -2.38. The summed E-state index contributed by atoms with van der Waals surface area (Å²) in [7, 11) is 0. The van der Waals surface area contributed by atoms with Crippen molar-refractivity contribution in [1.29, 1.82) is 0 Å². The van der Waals surface area contributed by atoms with Crippen LogP contribution in [0, 0.1) is 11.8 Å². The van der Waals surface area contributed by atoms with Gasteiger partial charge in [0.2, 0.25) is 6.29 Å². The van der Waals surface area contributed by atoms with Crippen LogP contribution in [0.3, 0.4) is 0 Å². The predicted molar refractivity (Wildman–Crippen MR) is 104 cm³/mol. The highest BCUT2D eigenvalue weighted by molar-refractivity contribution is 5.91. The van der Waals surface area contributed by atoms with Gasteiger partial charge in [-0.3, -0.25) is 4.79 Å². The van der Waals surface area contributed by atoms with E-state index in [2.05, 4.69) is 15.3 Å². The number of H-pyrrole nitrogens is 1. The Morgan fingerprint density at radius 1 is 1.32 bits per heavy atom. The third-order valence-corrected chi connectivity index (χ3v) is 5.25. The lowest BCUT2D eigenvalue weighted by atomic mass is 9.96. The number of para-hydroxylation sites is 2. The molecule has 7 heteroatoms. The quantitative estimate of drug-likeness (QED) is 0.577. The van der Waals surface area contributed by atoms with Gasteiger partial charge in [-0.25, -0.2) is 4.98 Å². The number of nitrogens with one attached hydrogen (secondary N) is 2. The van der Waals surface area contributed by atoms with Gasteiger partial charge in [0.1, 0.15) is 5.82 Å². The second-order valence-electron chi connectivity index (χ2n) is 7.50. The third-order valence-electron chi connectivity index (χ3n) is 5.25. The van der Waals surface area contributed by atoms with Crippen LogP contribution >= 0.6 is 0 Å². The van der Waals surface area contributed by atoms with Crippen molar-refractivity contribution in [3.8, 4) is 0 Å². The molecular weight excluding hydrogens is 358 g/mol. The number of imidazole rings is 1. The lowest BCUT2D eigenvalue weighted by molar-refractivity contribution is -0.150. The maximum atomic E-state index is 12.7. The molecule has 2 aliphatic rings. The molecule has 2 aromatic rings. The molecule has 4 rings (SSSR count). The van der Waals surface area contributed by atoms with Gasteiger partial charge in [0.15, 0.2) is 5.76 Å². The van der Waals surface area contributed by atoms with Gasteiger partial charge in [-0.2, -0.15) is 0 Å². The first kappa shape index (κ1) is 19.0. The first-order chi connectivity index (χ1) is 13.7. The number of aliphatic hydroxyl groups excluding tert-OH is 1. The molecule has 1 fully saturated rings. The zero-order chi connectivity index (χ0) is 19.3. The van der Waals surface area contributed by atoms with Crippen molar-refractivity contribution in [3.05, 3.63) is 41.9 Å². The van der Waals surface area contributed by atoms with Gasteiger partial charge in [-0.15, -0.1) is 0 Å². The average molecular weight is 385 g/mol. The van der Waals surface area contributed by atoms with Crippen LogP contribution in [0.5, 0.6) is 0 Å². The Morgan fingerprint density at radius 3 is 2.96 bits per heavy atom. The molecule has 2 atom stereocenters. The number of benzene rings is 1. The maximum Gasteiger partial charge on any atom is 0.286 e. The number of hydrogen-bond acceptors (Lipinski definition) is 5. The summed E-state index contributed by atoms with van der Waals surface area (Å²) in [6, 6.07) is 7.77. The topological polar surface area (TPSA) is 96.5 Å². The smallest absolute Gasteiger partial charge is 0.286 e. The molecule has 1 amide bonds. The lowest BCUT2D eigenvalue weighted by Crippen LogP contribution is -2.33. The summed E-state index contributed by atoms with van der Waals surface area (Å²) in [5.41, 5.74) is 1.83. The fraction of sp³-hybridized carbons (Fsp3) is 0.524. The van der Waals surface area contributed by atoms with Crippen molar-refractivity contribution in [2.24, 2.45) is 11.8 Å². The molecular formula is C21H27N3O4. The molecule has 1 aliphatic heterocycles. The number of carbonyl (C=O) groups is 1. The summed E-state index contributed by atoms with van der Waals surface area (Å²) in [5, 5.41) is 11.8. The first-order valence-electron chi connectivity index (χ1n) is 10.1. The molecule has 0 bridgehead atoms. The molecule has 150 valence electrons. The largest absolute Gasteiger partial charge is 0.459 e. The number of nitrogens with zero attached hydrogens (tertiary/aromatic N) is 1. The molecule has 2 heterocycles. The monoisotopic (exact) mass is 385 g/mol. The summed E-state index contributed by atoms with van der Waals surface area (Å²) in [5.74, 6) is 1.76. The number of hydrogen-bond donors (Lipinski definition) is 3. The van der Waals surface area contributed by atoms with E-state index in [-0.39, 0.29) is 12.5 Å². The van der Waals surface area contributed by atoms with Crippen LogP contribution in [-0.2, 0) is 20.8 Å². The number of carbonyl (C=O) groups excluding carboxylic acids is 1. The predicted octanol–water partition coefficient (Wildman–Crippen LogP) is 2.62. The van der Waals surface area contributed by atoms with E-state index in [9.17, 15) is 4.79 Å². The van der Waals surface area contributed by atoms with Crippen LogP contribution in [0.4, 0.5) is 0 Å². The van der Waals surface area contributed by atoms with E-state index in [0.717, 1.165) is 23.9 Å². The van der Waals surface area contributed by atoms with Crippen molar-refractivity contribution in [3.63, 3.8) is 0 Å². The molecule has 0 unspecified atom stereocenters. The van der Waals surface area contributed by atoms with E-state index in [1.807, 2.05) is 30.3 Å². The molecule has 1 saturated carbocycles.